The van der Waals surface area contributed by atoms with E-state index < -0.39 is 16.1 Å². The molecule has 0 radical (unpaired) electrons. The molecule has 3 rings (SSSR count). The molecule has 1 fully saturated rings. The maximum Gasteiger partial charge on any atom is 0.252 e. The van der Waals surface area contributed by atoms with Gasteiger partial charge >= 0.3 is 0 Å². The van der Waals surface area contributed by atoms with Gasteiger partial charge in [-0.15, -0.1) is 0 Å². The number of methoxy groups -OCH3 is 1. The molecule has 0 saturated carbocycles. The number of sulfonamides is 1. The van der Waals surface area contributed by atoms with Crippen LogP contribution in [-0.4, -0.2) is 56.8 Å². The Labute approximate surface area is 208 Å². The number of carbonyl (C=O) groups excluding carboxylic acids is 2. The second-order valence-electron chi connectivity index (χ2n) is 9.06. The summed E-state index contributed by atoms with van der Waals surface area (Å²) in [5.74, 6) is -0.274. The lowest BCUT2D eigenvalue weighted by Crippen LogP contribution is -2.55. The third-order valence-electron chi connectivity index (χ3n) is 6.53. The summed E-state index contributed by atoms with van der Waals surface area (Å²) in [6, 6.07) is 12.7. The second kappa shape index (κ2) is 11.7. The van der Waals surface area contributed by atoms with Gasteiger partial charge in [0.05, 0.1) is 12.0 Å². The number of carbonyl (C=O) groups is 2. The van der Waals surface area contributed by atoms with Crippen molar-refractivity contribution >= 4 is 21.8 Å². The van der Waals surface area contributed by atoms with Crippen LogP contribution >= 0.6 is 0 Å². The minimum absolute atomic E-state index is 0.0410. The Morgan fingerprint density at radius 3 is 2.34 bits per heavy atom. The van der Waals surface area contributed by atoms with Crippen LogP contribution < -0.4 is 15.4 Å². The molecule has 1 saturated heterocycles. The highest BCUT2D eigenvalue weighted by Gasteiger charge is 2.36. The summed E-state index contributed by atoms with van der Waals surface area (Å²) in [5, 5.41) is 5.87. The number of rotatable bonds is 9. The molecule has 0 aromatic heterocycles. The fraction of sp³-hybridized carbons (Fsp3) is 0.462. The molecule has 1 aliphatic rings. The second-order valence-corrected chi connectivity index (χ2v) is 11.0. The topological polar surface area (TPSA) is 105 Å². The van der Waals surface area contributed by atoms with E-state index in [1.165, 1.54) is 11.4 Å². The Balaban J connectivity index is 1.75. The maximum absolute atomic E-state index is 13.2. The Morgan fingerprint density at radius 2 is 1.74 bits per heavy atom. The summed E-state index contributed by atoms with van der Waals surface area (Å²) in [6.07, 6.45) is 1.68. The van der Waals surface area contributed by atoms with E-state index in [9.17, 15) is 18.0 Å². The van der Waals surface area contributed by atoms with Crippen LogP contribution in [0.15, 0.2) is 53.4 Å². The Morgan fingerprint density at radius 1 is 1.09 bits per heavy atom. The first kappa shape index (κ1) is 26.7. The van der Waals surface area contributed by atoms with E-state index in [0.717, 1.165) is 12.0 Å². The fourth-order valence-electron chi connectivity index (χ4n) is 4.13. The summed E-state index contributed by atoms with van der Waals surface area (Å²) in [7, 11) is -2.09. The van der Waals surface area contributed by atoms with Crippen LogP contribution in [-0.2, 0) is 14.8 Å². The number of piperidine rings is 1. The van der Waals surface area contributed by atoms with Crippen molar-refractivity contribution in [3.05, 3.63) is 59.7 Å². The van der Waals surface area contributed by atoms with Gasteiger partial charge in [0.15, 0.2) is 0 Å². The van der Waals surface area contributed by atoms with Gasteiger partial charge in [0, 0.05) is 24.7 Å². The van der Waals surface area contributed by atoms with E-state index >= 15 is 0 Å². The molecule has 2 aromatic carbocycles. The fourth-order valence-corrected chi connectivity index (χ4v) is 5.60. The summed E-state index contributed by atoms with van der Waals surface area (Å²) in [6.45, 7) is 6.36. The molecule has 0 aliphatic carbocycles. The molecule has 0 unspecified atom stereocenters. The predicted molar refractivity (Wildman–Crippen MR) is 135 cm³/mol. The third kappa shape index (κ3) is 6.61. The van der Waals surface area contributed by atoms with Crippen molar-refractivity contribution < 1.29 is 22.7 Å². The lowest BCUT2D eigenvalue weighted by molar-refractivity contribution is -0.125. The normalized spacial score (nSPS) is 16.8. The van der Waals surface area contributed by atoms with Gasteiger partial charge < -0.3 is 15.4 Å². The van der Waals surface area contributed by atoms with Crippen molar-refractivity contribution in [2.45, 2.75) is 57.0 Å². The van der Waals surface area contributed by atoms with Crippen LogP contribution in [0.1, 0.15) is 49.0 Å². The Hall–Kier alpha value is -2.91. The number of benzene rings is 2. The van der Waals surface area contributed by atoms with Crippen molar-refractivity contribution in [1.82, 2.24) is 14.9 Å². The van der Waals surface area contributed by atoms with Crippen LogP contribution in [0.4, 0.5) is 0 Å². The molecule has 2 aromatic rings. The first-order valence-electron chi connectivity index (χ1n) is 12.0. The van der Waals surface area contributed by atoms with E-state index in [4.69, 9.17) is 4.74 Å². The van der Waals surface area contributed by atoms with Gasteiger partial charge in [-0.2, -0.15) is 4.31 Å². The third-order valence-corrected chi connectivity index (χ3v) is 8.44. The van der Waals surface area contributed by atoms with E-state index in [0.29, 0.717) is 24.2 Å². The first-order valence-corrected chi connectivity index (χ1v) is 13.4. The molecule has 2 atom stereocenters. The first-order chi connectivity index (χ1) is 16.6. The number of nitrogens with one attached hydrogen (secondary N) is 2. The molecule has 1 aliphatic heterocycles. The minimum Gasteiger partial charge on any atom is -0.497 e. The molecule has 2 amide bonds. The number of hydrogen-bond donors (Lipinski definition) is 2. The van der Waals surface area contributed by atoms with E-state index in [1.807, 2.05) is 20.8 Å². The van der Waals surface area contributed by atoms with E-state index in [2.05, 4.69) is 10.6 Å². The molecule has 8 nitrogen and oxygen atoms in total. The molecule has 1 heterocycles. The monoisotopic (exact) mass is 501 g/mol. The van der Waals surface area contributed by atoms with Crippen LogP contribution in [0.5, 0.6) is 5.75 Å². The Kier molecular flexibility index (Phi) is 8.91. The smallest absolute Gasteiger partial charge is 0.252 e. The molecule has 0 bridgehead atoms. The number of nitrogens with zero attached hydrogens (tertiary/aromatic N) is 1. The highest BCUT2D eigenvalue weighted by atomic mass is 32.2. The van der Waals surface area contributed by atoms with Gasteiger partial charge in [0.25, 0.3) is 5.91 Å². The zero-order valence-electron chi connectivity index (χ0n) is 20.8. The van der Waals surface area contributed by atoms with Crippen LogP contribution in [0.3, 0.4) is 0 Å². The lowest BCUT2D eigenvalue weighted by atomic mass is 9.89. The van der Waals surface area contributed by atoms with Crippen molar-refractivity contribution in [3.8, 4) is 5.75 Å². The zero-order chi connectivity index (χ0) is 25.6. The number of aryl methyl sites for hydroxylation is 1. The van der Waals surface area contributed by atoms with Crippen molar-refractivity contribution in [1.29, 1.82) is 0 Å². The summed E-state index contributed by atoms with van der Waals surface area (Å²) < 4.78 is 32.8. The molecule has 0 spiro atoms. The average molecular weight is 502 g/mol. The number of hydrogen-bond acceptors (Lipinski definition) is 5. The van der Waals surface area contributed by atoms with Gasteiger partial charge in [-0.3, -0.25) is 9.59 Å². The standard InChI is InChI=1S/C26H35N3O5S/c1-5-19(3)27-26(31)24(28-25(30)21-7-6-8-22(17-21)34-4)20-13-15-29(16-14-20)35(32,33)23-11-9-18(2)10-12-23/h6-12,17,19-20,24H,5,13-16H2,1-4H3,(H,27,31)(H,28,30)/t19-,24-/m0/s1. The maximum atomic E-state index is 13.2. The summed E-state index contributed by atoms with van der Waals surface area (Å²) in [4.78, 5) is 26.4. The highest BCUT2D eigenvalue weighted by molar-refractivity contribution is 7.89. The SMILES string of the molecule is CC[C@H](C)NC(=O)[C@@H](NC(=O)c1cccc(OC)c1)C1CCN(S(=O)(=O)c2ccc(C)cc2)CC1. The van der Waals surface area contributed by atoms with Crippen molar-refractivity contribution in [2.75, 3.05) is 20.2 Å². The molecule has 2 N–H and O–H groups in total. The van der Waals surface area contributed by atoms with Gasteiger partial charge in [-0.1, -0.05) is 30.7 Å². The summed E-state index contributed by atoms with van der Waals surface area (Å²) >= 11 is 0. The van der Waals surface area contributed by atoms with Crippen molar-refractivity contribution in [2.24, 2.45) is 5.92 Å². The molecule has 9 heteroatoms. The van der Waals surface area contributed by atoms with E-state index in [1.54, 1.807) is 48.5 Å². The predicted octanol–water partition coefficient (Wildman–Crippen LogP) is 3.12. The van der Waals surface area contributed by atoms with Crippen molar-refractivity contribution in [3.63, 3.8) is 0 Å². The average Bonchev–Trinajstić information content (AvgIpc) is 2.87. The number of ether oxygens (including phenoxy) is 1. The zero-order valence-corrected chi connectivity index (χ0v) is 21.6. The van der Waals surface area contributed by atoms with Gasteiger partial charge in [-0.05, 0) is 69.4 Å². The largest absolute Gasteiger partial charge is 0.497 e. The van der Waals surface area contributed by atoms with Crippen LogP contribution in [0.2, 0.25) is 0 Å². The number of amides is 2. The molecular weight excluding hydrogens is 466 g/mol. The Bertz CT molecular complexity index is 1130. The lowest BCUT2D eigenvalue weighted by Gasteiger charge is -2.35. The van der Waals surface area contributed by atoms with Gasteiger partial charge in [0.2, 0.25) is 15.9 Å². The minimum atomic E-state index is -3.61. The van der Waals surface area contributed by atoms with Gasteiger partial charge in [0.1, 0.15) is 11.8 Å². The van der Waals surface area contributed by atoms with Gasteiger partial charge in [-0.25, -0.2) is 8.42 Å². The highest BCUT2D eigenvalue weighted by Crippen LogP contribution is 2.27. The molecular formula is C26H35N3O5S. The van der Waals surface area contributed by atoms with E-state index in [-0.39, 0.29) is 41.8 Å². The molecule has 190 valence electrons. The van der Waals surface area contributed by atoms with Crippen LogP contribution in [0.25, 0.3) is 0 Å². The summed E-state index contributed by atoms with van der Waals surface area (Å²) in [5.41, 5.74) is 1.38. The van der Waals surface area contributed by atoms with Crippen LogP contribution in [0, 0.1) is 12.8 Å². The quantitative estimate of drug-likeness (QED) is 0.549. The molecule has 35 heavy (non-hydrogen) atoms.